The Labute approximate surface area is 187 Å². The van der Waals surface area contributed by atoms with E-state index in [4.69, 9.17) is 9.26 Å². The number of carbonyl (C=O) groups excluding carboxylic acids is 1. The van der Waals surface area contributed by atoms with Gasteiger partial charge in [0.15, 0.2) is 5.82 Å². The van der Waals surface area contributed by atoms with Crippen molar-refractivity contribution in [1.82, 2.24) is 14.9 Å². The van der Waals surface area contributed by atoms with E-state index in [0.29, 0.717) is 30.3 Å². The molecule has 2 aromatic heterocycles. The van der Waals surface area contributed by atoms with Gasteiger partial charge < -0.3 is 14.6 Å². The van der Waals surface area contributed by atoms with E-state index in [1.807, 2.05) is 37.6 Å². The van der Waals surface area contributed by atoms with E-state index in [2.05, 4.69) is 40.7 Å². The Balaban J connectivity index is 1.37. The highest BCUT2D eigenvalue weighted by Gasteiger charge is 2.12. The van der Waals surface area contributed by atoms with E-state index in [9.17, 15) is 4.79 Å². The summed E-state index contributed by atoms with van der Waals surface area (Å²) < 4.78 is 12.8. The van der Waals surface area contributed by atoms with Gasteiger partial charge in [0.1, 0.15) is 18.1 Å². The lowest BCUT2D eigenvalue weighted by atomic mass is 10.1. The number of carbonyl (C=O) groups is 1. The molecule has 0 unspecified atom stereocenters. The van der Waals surface area contributed by atoms with Crippen molar-refractivity contribution in [3.8, 4) is 5.75 Å². The van der Waals surface area contributed by atoms with Crippen molar-refractivity contribution >= 4 is 11.7 Å². The molecule has 0 bridgehead atoms. The highest BCUT2D eigenvalue weighted by Crippen LogP contribution is 2.19. The number of aryl methyl sites for hydroxylation is 4. The maximum Gasteiger partial charge on any atom is 0.256 e. The van der Waals surface area contributed by atoms with E-state index in [1.54, 1.807) is 24.3 Å². The summed E-state index contributed by atoms with van der Waals surface area (Å²) in [4.78, 5) is 12.7. The van der Waals surface area contributed by atoms with Crippen molar-refractivity contribution < 1.29 is 14.1 Å². The third kappa shape index (κ3) is 4.88. The van der Waals surface area contributed by atoms with Crippen LogP contribution in [-0.2, 0) is 13.2 Å². The van der Waals surface area contributed by atoms with Crippen molar-refractivity contribution in [3.05, 3.63) is 94.0 Å². The molecule has 0 radical (unpaired) electrons. The van der Waals surface area contributed by atoms with Crippen molar-refractivity contribution in [3.63, 3.8) is 0 Å². The van der Waals surface area contributed by atoms with Crippen LogP contribution in [0.1, 0.15) is 44.2 Å². The summed E-state index contributed by atoms with van der Waals surface area (Å²) in [6, 6.07) is 17.2. The minimum absolute atomic E-state index is 0.220. The van der Waals surface area contributed by atoms with Gasteiger partial charge in [0.2, 0.25) is 0 Å². The Bertz CT molecular complexity index is 1220. The zero-order valence-corrected chi connectivity index (χ0v) is 18.7. The first kappa shape index (κ1) is 21.4. The van der Waals surface area contributed by atoms with Gasteiger partial charge in [-0.05, 0) is 57.5 Å². The maximum absolute atomic E-state index is 12.7. The largest absolute Gasteiger partial charge is 0.489 e. The third-order valence-corrected chi connectivity index (χ3v) is 5.32. The van der Waals surface area contributed by atoms with Crippen LogP contribution in [0.4, 0.5) is 5.82 Å². The van der Waals surface area contributed by atoms with Gasteiger partial charge in [-0.1, -0.05) is 35.0 Å². The summed E-state index contributed by atoms with van der Waals surface area (Å²) in [5.74, 6) is 1.72. The molecule has 1 amide bonds. The highest BCUT2D eigenvalue weighted by atomic mass is 16.5. The van der Waals surface area contributed by atoms with Gasteiger partial charge in [0.05, 0.1) is 17.8 Å². The Morgan fingerprint density at radius 1 is 1.06 bits per heavy atom. The summed E-state index contributed by atoms with van der Waals surface area (Å²) in [7, 11) is 0. The minimum atomic E-state index is -0.220. The quantitative estimate of drug-likeness (QED) is 0.447. The monoisotopic (exact) mass is 430 g/mol. The molecule has 164 valence electrons. The first-order valence-electron chi connectivity index (χ1n) is 10.4. The fraction of sp³-hybridized carbons (Fsp3) is 0.240. The number of aromatic nitrogens is 3. The molecule has 4 rings (SSSR count). The third-order valence-electron chi connectivity index (χ3n) is 5.32. The van der Waals surface area contributed by atoms with Gasteiger partial charge in [0.25, 0.3) is 5.91 Å². The number of nitrogens with one attached hydrogen (secondary N) is 1. The maximum atomic E-state index is 12.7. The SMILES string of the molecule is Cc1cccc(Cn2nc(NC(=O)c3ccc(OCc4c(C)noc4C)cc3)cc2C)c1. The fourth-order valence-corrected chi connectivity index (χ4v) is 3.47. The summed E-state index contributed by atoms with van der Waals surface area (Å²) in [5.41, 5.74) is 5.63. The number of hydrogen-bond acceptors (Lipinski definition) is 5. The van der Waals surface area contributed by atoms with E-state index in [1.165, 1.54) is 11.1 Å². The molecule has 1 N–H and O–H groups in total. The molecule has 0 aliphatic carbocycles. The molecular formula is C25H26N4O3. The zero-order chi connectivity index (χ0) is 22.7. The van der Waals surface area contributed by atoms with Crippen LogP contribution in [0.25, 0.3) is 0 Å². The summed E-state index contributed by atoms with van der Waals surface area (Å²) in [5, 5.41) is 11.3. The van der Waals surface area contributed by atoms with Crippen LogP contribution in [0.15, 0.2) is 59.1 Å². The molecule has 32 heavy (non-hydrogen) atoms. The molecule has 0 fully saturated rings. The molecule has 7 nitrogen and oxygen atoms in total. The van der Waals surface area contributed by atoms with Gasteiger partial charge in [-0.3, -0.25) is 9.48 Å². The Hall–Kier alpha value is -3.87. The van der Waals surface area contributed by atoms with Crippen LogP contribution in [0, 0.1) is 27.7 Å². The van der Waals surface area contributed by atoms with Crippen LogP contribution in [0.3, 0.4) is 0 Å². The molecular weight excluding hydrogens is 404 g/mol. The molecule has 0 aliphatic heterocycles. The molecule has 2 aromatic carbocycles. The number of anilines is 1. The topological polar surface area (TPSA) is 82.2 Å². The van der Waals surface area contributed by atoms with E-state index in [0.717, 1.165) is 22.7 Å². The average Bonchev–Trinajstić information content (AvgIpc) is 3.27. The van der Waals surface area contributed by atoms with Crippen LogP contribution >= 0.6 is 0 Å². The second-order valence-corrected chi connectivity index (χ2v) is 7.89. The second kappa shape index (κ2) is 9.09. The zero-order valence-electron chi connectivity index (χ0n) is 18.7. The second-order valence-electron chi connectivity index (χ2n) is 7.89. The first-order chi connectivity index (χ1) is 15.4. The predicted octanol–water partition coefficient (Wildman–Crippen LogP) is 4.98. The molecule has 4 aromatic rings. The number of amides is 1. The minimum Gasteiger partial charge on any atom is -0.489 e. The van der Waals surface area contributed by atoms with Crippen LogP contribution in [0.5, 0.6) is 5.75 Å². The summed E-state index contributed by atoms with van der Waals surface area (Å²) in [6.07, 6.45) is 0. The number of nitrogens with zero attached hydrogens (tertiary/aromatic N) is 3. The van der Waals surface area contributed by atoms with Gasteiger partial charge in [-0.2, -0.15) is 5.10 Å². The standard InChI is InChI=1S/C25H26N4O3/c1-16-6-5-7-20(12-16)14-29-17(2)13-24(27-29)26-25(30)21-8-10-22(11-9-21)31-15-23-18(3)28-32-19(23)4/h5-13H,14-15H2,1-4H3,(H,26,27,30). The average molecular weight is 431 g/mol. The predicted molar refractivity (Wildman–Crippen MR) is 122 cm³/mol. The van der Waals surface area contributed by atoms with Crippen molar-refractivity contribution in [2.24, 2.45) is 0 Å². The van der Waals surface area contributed by atoms with E-state index >= 15 is 0 Å². The first-order valence-corrected chi connectivity index (χ1v) is 10.4. The number of ether oxygens (including phenoxy) is 1. The Kier molecular flexibility index (Phi) is 6.07. The molecule has 0 spiro atoms. The fourth-order valence-electron chi connectivity index (χ4n) is 3.47. The van der Waals surface area contributed by atoms with Crippen LogP contribution in [0.2, 0.25) is 0 Å². The van der Waals surface area contributed by atoms with Gasteiger partial charge in [0, 0.05) is 17.3 Å². The van der Waals surface area contributed by atoms with Crippen molar-refractivity contribution in [1.29, 1.82) is 0 Å². The van der Waals surface area contributed by atoms with Gasteiger partial charge in [-0.25, -0.2) is 0 Å². The Morgan fingerprint density at radius 3 is 2.53 bits per heavy atom. The number of hydrogen-bond donors (Lipinski definition) is 1. The molecule has 7 heteroatoms. The summed E-state index contributed by atoms with van der Waals surface area (Å²) >= 11 is 0. The normalized spacial score (nSPS) is 10.9. The molecule has 0 aliphatic rings. The lowest BCUT2D eigenvalue weighted by Gasteiger charge is -2.07. The number of benzene rings is 2. The summed E-state index contributed by atoms with van der Waals surface area (Å²) in [6.45, 7) is 8.80. The lowest BCUT2D eigenvalue weighted by Crippen LogP contribution is -2.13. The molecule has 0 atom stereocenters. The molecule has 2 heterocycles. The smallest absolute Gasteiger partial charge is 0.256 e. The highest BCUT2D eigenvalue weighted by molar-refractivity contribution is 6.03. The van der Waals surface area contributed by atoms with Gasteiger partial charge in [-0.15, -0.1) is 0 Å². The van der Waals surface area contributed by atoms with E-state index < -0.39 is 0 Å². The van der Waals surface area contributed by atoms with Gasteiger partial charge >= 0.3 is 0 Å². The molecule has 0 saturated carbocycles. The molecule has 0 saturated heterocycles. The van der Waals surface area contributed by atoms with Crippen molar-refractivity contribution in [2.45, 2.75) is 40.8 Å². The number of rotatable bonds is 7. The van der Waals surface area contributed by atoms with E-state index in [-0.39, 0.29) is 5.91 Å². The van der Waals surface area contributed by atoms with Crippen LogP contribution in [-0.4, -0.2) is 20.8 Å². The van der Waals surface area contributed by atoms with Crippen molar-refractivity contribution in [2.75, 3.05) is 5.32 Å². The lowest BCUT2D eigenvalue weighted by molar-refractivity contribution is 0.102. The van der Waals surface area contributed by atoms with Crippen LogP contribution < -0.4 is 10.1 Å². The Morgan fingerprint density at radius 2 is 1.84 bits per heavy atom.